The molecule has 1 saturated heterocycles. The molecular weight excluding hydrogens is 378 g/mol. The summed E-state index contributed by atoms with van der Waals surface area (Å²) in [4.78, 5) is 19.9. The van der Waals surface area contributed by atoms with E-state index >= 15 is 0 Å². The Morgan fingerprint density at radius 1 is 1.22 bits per heavy atom. The molecule has 2 aromatic heterocycles. The van der Waals surface area contributed by atoms with E-state index in [4.69, 9.17) is 11.6 Å². The average Bonchev–Trinajstić information content (AvgIpc) is 3.06. The van der Waals surface area contributed by atoms with Gasteiger partial charge in [0.05, 0.1) is 5.02 Å². The number of rotatable bonds is 4. The van der Waals surface area contributed by atoms with E-state index in [1.807, 2.05) is 36.7 Å². The van der Waals surface area contributed by atoms with Crippen LogP contribution in [0.4, 0.5) is 0 Å². The number of nitrogens with one attached hydrogen (secondary N) is 1. The fourth-order valence-corrected chi connectivity index (χ4v) is 5.12. The molecular formula is C21H22ClN3OS. The molecule has 0 saturated carbocycles. The van der Waals surface area contributed by atoms with Gasteiger partial charge in [0.25, 0.3) is 5.91 Å². The summed E-state index contributed by atoms with van der Waals surface area (Å²) in [6.07, 6.45) is 5.58. The lowest BCUT2D eigenvalue weighted by Crippen LogP contribution is -2.45. The predicted octanol–water partition coefficient (Wildman–Crippen LogP) is 4.91. The highest BCUT2D eigenvalue weighted by Gasteiger charge is 2.26. The first-order valence-corrected chi connectivity index (χ1v) is 10.4. The summed E-state index contributed by atoms with van der Waals surface area (Å²) in [5.74, 6) is -0.0539. The van der Waals surface area contributed by atoms with E-state index in [1.54, 1.807) is 0 Å². The van der Waals surface area contributed by atoms with Gasteiger partial charge in [-0.15, -0.1) is 11.3 Å². The van der Waals surface area contributed by atoms with Gasteiger partial charge in [0, 0.05) is 47.7 Å². The maximum atomic E-state index is 12.7. The van der Waals surface area contributed by atoms with E-state index in [1.165, 1.54) is 16.9 Å². The highest BCUT2D eigenvalue weighted by atomic mass is 35.5. The number of piperidine rings is 1. The molecule has 0 spiro atoms. The Balaban J connectivity index is 1.37. The summed E-state index contributed by atoms with van der Waals surface area (Å²) in [6, 6.07) is 12.6. The topological polar surface area (TPSA) is 45.2 Å². The molecule has 0 radical (unpaired) electrons. The third-order valence-corrected chi connectivity index (χ3v) is 7.02. The largest absolute Gasteiger partial charge is 0.348 e. The van der Waals surface area contributed by atoms with E-state index in [0.29, 0.717) is 15.9 Å². The number of hydrogen-bond donors (Lipinski definition) is 1. The minimum absolute atomic E-state index is 0.0539. The Hall–Kier alpha value is -1.95. The molecule has 1 fully saturated rings. The molecule has 0 unspecified atom stereocenters. The number of nitrogens with zero attached hydrogens (tertiary/aromatic N) is 2. The molecule has 3 heterocycles. The third-order valence-electron chi connectivity index (χ3n) is 5.34. The van der Waals surface area contributed by atoms with Crippen molar-refractivity contribution in [3.8, 4) is 0 Å². The Morgan fingerprint density at radius 2 is 1.93 bits per heavy atom. The van der Waals surface area contributed by atoms with Gasteiger partial charge < -0.3 is 5.32 Å². The number of halogens is 1. The van der Waals surface area contributed by atoms with Gasteiger partial charge in [-0.3, -0.25) is 14.7 Å². The van der Waals surface area contributed by atoms with Crippen LogP contribution in [0.2, 0.25) is 5.02 Å². The van der Waals surface area contributed by atoms with Crippen molar-refractivity contribution in [2.45, 2.75) is 31.8 Å². The molecule has 4 rings (SSSR count). The zero-order valence-corrected chi connectivity index (χ0v) is 16.8. The number of carbonyl (C=O) groups is 1. The van der Waals surface area contributed by atoms with Crippen molar-refractivity contribution in [1.29, 1.82) is 0 Å². The van der Waals surface area contributed by atoms with Crippen LogP contribution in [0.15, 0.2) is 48.8 Å². The number of thiophene rings is 1. The molecule has 3 aromatic rings. The molecule has 0 bridgehead atoms. The summed E-state index contributed by atoms with van der Waals surface area (Å²) in [5, 5.41) is 4.71. The van der Waals surface area contributed by atoms with E-state index < -0.39 is 0 Å². The second-order valence-electron chi connectivity index (χ2n) is 6.98. The zero-order valence-electron chi connectivity index (χ0n) is 15.2. The molecule has 140 valence electrons. The number of aromatic nitrogens is 1. The third kappa shape index (κ3) is 3.86. The van der Waals surface area contributed by atoms with Crippen molar-refractivity contribution in [3.05, 3.63) is 64.3 Å². The van der Waals surface area contributed by atoms with Crippen molar-refractivity contribution >= 4 is 38.9 Å². The van der Waals surface area contributed by atoms with Crippen molar-refractivity contribution in [1.82, 2.24) is 15.2 Å². The Bertz CT molecular complexity index is 935. The number of pyridine rings is 1. The minimum atomic E-state index is -0.0539. The number of hydrogen-bond acceptors (Lipinski definition) is 4. The second kappa shape index (κ2) is 7.97. The fraction of sp³-hybridized carbons (Fsp3) is 0.333. The Kier molecular flexibility index (Phi) is 5.43. The van der Waals surface area contributed by atoms with Crippen molar-refractivity contribution < 1.29 is 4.79 Å². The molecule has 4 nitrogen and oxygen atoms in total. The molecule has 1 N–H and O–H groups in total. The van der Waals surface area contributed by atoms with E-state index in [-0.39, 0.29) is 11.9 Å². The summed E-state index contributed by atoms with van der Waals surface area (Å²) in [5.41, 5.74) is 1.28. The fourth-order valence-electron chi connectivity index (χ4n) is 3.69. The zero-order chi connectivity index (χ0) is 18.8. The molecule has 27 heavy (non-hydrogen) atoms. The normalized spacial score (nSPS) is 17.1. The van der Waals surface area contributed by atoms with Gasteiger partial charge in [0.15, 0.2) is 0 Å². The maximum absolute atomic E-state index is 12.7. The van der Waals surface area contributed by atoms with Gasteiger partial charge in [-0.25, -0.2) is 0 Å². The number of likely N-dealkylation sites (tertiary alicyclic amines) is 1. The molecule has 0 aliphatic carbocycles. The maximum Gasteiger partial charge on any atom is 0.263 e. The Morgan fingerprint density at radius 3 is 2.63 bits per heavy atom. The van der Waals surface area contributed by atoms with E-state index in [2.05, 4.69) is 34.3 Å². The monoisotopic (exact) mass is 399 g/mol. The smallest absolute Gasteiger partial charge is 0.263 e. The summed E-state index contributed by atoms with van der Waals surface area (Å²) in [7, 11) is 0. The Labute approximate surface area is 168 Å². The molecule has 1 aliphatic heterocycles. The van der Waals surface area contributed by atoms with Crippen LogP contribution in [0, 0.1) is 0 Å². The molecule has 1 atom stereocenters. The average molecular weight is 400 g/mol. The van der Waals surface area contributed by atoms with Gasteiger partial charge >= 0.3 is 0 Å². The lowest BCUT2D eigenvalue weighted by atomic mass is 10.0. The summed E-state index contributed by atoms with van der Waals surface area (Å²) >= 11 is 7.90. The SMILES string of the molecule is C[C@H](c1ccncc1)N1CCC(NC(=O)c2sc3ccccc3c2Cl)CC1. The first-order chi connectivity index (χ1) is 13.1. The highest BCUT2D eigenvalue weighted by Crippen LogP contribution is 2.35. The van der Waals surface area contributed by atoms with E-state index in [9.17, 15) is 4.79 Å². The first kappa shape index (κ1) is 18.4. The van der Waals surface area contributed by atoms with Crippen LogP contribution < -0.4 is 5.32 Å². The predicted molar refractivity (Wildman–Crippen MR) is 112 cm³/mol. The summed E-state index contributed by atoms with van der Waals surface area (Å²) in [6.45, 7) is 4.16. The number of carbonyl (C=O) groups excluding carboxylic acids is 1. The van der Waals surface area contributed by atoms with Crippen LogP contribution in [-0.2, 0) is 0 Å². The van der Waals surface area contributed by atoms with Crippen LogP contribution in [0.5, 0.6) is 0 Å². The van der Waals surface area contributed by atoms with Gasteiger partial charge in [-0.2, -0.15) is 0 Å². The van der Waals surface area contributed by atoms with Crippen molar-refractivity contribution in [2.75, 3.05) is 13.1 Å². The van der Waals surface area contributed by atoms with Gasteiger partial charge in [0.1, 0.15) is 4.88 Å². The van der Waals surface area contributed by atoms with Gasteiger partial charge in [-0.1, -0.05) is 29.8 Å². The van der Waals surface area contributed by atoms with Crippen molar-refractivity contribution in [3.63, 3.8) is 0 Å². The molecule has 1 amide bonds. The van der Waals surface area contributed by atoms with Crippen LogP contribution in [-0.4, -0.2) is 34.9 Å². The van der Waals surface area contributed by atoms with Crippen LogP contribution in [0.3, 0.4) is 0 Å². The lowest BCUT2D eigenvalue weighted by Gasteiger charge is -2.36. The van der Waals surface area contributed by atoms with Crippen molar-refractivity contribution in [2.24, 2.45) is 0 Å². The van der Waals surface area contributed by atoms with Crippen LogP contribution in [0.25, 0.3) is 10.1 Å². The summed E-state index contributed by atoms with van der Waals surface area (Å²) < 4.78 is 1.05. The standard InChI is InChI=1S/C21H22ClN3OS/c1-14(15-6-10-23-11-7-15)25-12-8-16(9-13-25)24-21(26)20-19(22)17-4-2-3-5-18(17)27-20/h2-7,10-11,14,16H,8-9,12-13H2,1H3,(H,24,26)/t14-/m1/s1. The van der Waals surface area contributed by atoms with Crippen LogP contribution >= 0.6 is 22.9 Å². The molecule has 6 heteroatoms. The van der Waals surface area contributed by atoms with Gasteiger partial charge in [0.2, 0.25) is 0 Å². The number of fused-ring (bicyclic) bond motifs is 1. The lowest BCUT2D eigenvalue weighted by molar-refractivity contribution is 0.0900. The number of benzene rings is 1. The molecule has 1 aliphatic rings. The number of amides is 1. The minimum Gasteiger partial charge on any atom is -0.348 e. The quantitative estimate of drug-likeness (QED) is 0.678. The van der Waals surface area contributed by atoms with Crippen LogP contribution in [0.1, 0.15) is 41.0 Å². The van der Waals surface area contributed by atoms with Gasteiger partial charge in [-0.05, 0) is 43.5 Å². The van der Waals surface area contributed by atoms with E-state index in [0.717, 1.165) is 36.0 Å². The highest BCUT2D eigenvalue weighted by molar-refractivity contribution is 7.21. The second-order valence-corrected chi connectivity index (χ2v) is 8.41. The molecule has 1 aromatic carbocycles. The first-order valence-electron chi connectivity index (χ1n) is 9.25.